The van der Waals surface area contributed by atoms with Gasteiger partial charge >= 0.3 is 5.97 Å². The third-order valence-corrected chi connectivity index (χ3v) is 3.14. The Labute approximate surface area is 114 Å². The van der Waals surface area contributed by atoms with Crippen LogP contribution in [0.25, 0.3) is 5.69 Å². The molecule has 2 aromatic rings. The molecule has 0 saturated heterocycles. The van der Waals surface area contributed by atoms with E-state index in [9.17, 15) is 9.59 Å². The van der Waals surface area contributed by atoms with Crippen LogP contribution in [0.5, 0.6) is 0 Å². The Kier molecular flexibility index (Phi) is 3.44. The van der Waals surface area contributed by atoms with Crippen LogP contribution in [-0.2, 0) is 0 Å². The highest BCUT2D eigenvalue weighted by molar-refractivity contribution is 6.30. The summed E-state index contributed by atoms with van der Waals surface area (Å²) in [5, 5.41) is 9.58. The maximum atomic E-state index is 12.2. The summed E-state index contributed by atoms with van der Waals surface area (Å²) >= 11 is 5.88. The van der Waals surface area contributed by atoms with E-state index in [1.807, 2.05) is 6.92 Å². The summed E-state index contributed by atoms with van der Waals surface area (Å²) in [6.07, 6.45) is 0. The number of hydrogen-bond donors (Lipinski definition) is 1. The number of aromatic nitrogens is 1. The summed E-state index contributed by atoms with van der Waals surface area (Å²) in [5.74, 6) is -1.23. The molecule has 0 amide bonds. The number of pyridine rings is 1. The number of carbonyl (C=O) groups is 1. The molecular weight excluding hydrogens is 266 g/mol. The number of benzene rings is 1. The van der Waals surface area contributed by atoms with Crippen LogP contribution in [0, 0.1) is 13.8 Å². The molecule has 0 unspecified atom stereocenters. The van der Waals surface area contributed by atoms with Gasteiger partial charge < -0.3 is 5.11 Å². The molecule has 0 radical (unpaired) electrons. The Balaban J connectivity index is 2.78. The lowest BCUT2D eigenvalue weighted by molar-refractivity contribution is 0.0694. The second kappa shape index (κ2) is 4.90. The number of aryl methyl sites for hydroxylation is 2. The minimum absolute atomic E-state index is 0.250. The van der Waals surface area contributed by atoms with Crippen LogP contribution in [-0.4, -0.2) is 15.6 Å². The summed E-state index contributed by atoms with van der Waals surface area (Å²) in [7, 11) is 0. The highest BCUT2D eigenvalue weighted by atomic mass is 35.5. The van der Waals surface area contributed by atoms with Gasteiger partial charge in [0.05, 0.1) is 5.69 Å². The average Bonchev–Trinajstić information content (AvgIpc) is 2.31. The van der Waals surface area contributed by atoms with Gasteiger partial charge in [-0.2, -0.15) is 0 Å². The minimum Gasteiger partial charge on any atom is -0.477 e. The summed E-state index contributed by atoms with van der Waals surface area (Å²) in [6.45, 7) is 3.57. The van der Waals surface area contributed by atoms with E-state index in [1.54, 1.807) is 31.2 Å². The lowest BCUT2D eigenvalue weighted by Gasteiger charge is -2.13. The van der Waals surface area contributed by atoms with Gasteiger partial charge in [-0.05, 0) is 49.7 Å². The number of carboxylic acid groups (broad SMARTS) is 1. The molecule has 1 aromatic carbocycles. The molecule has 0 aliphatic rings. The number of hydrogen-bond acceptors (Lipinski definition) is 2. The van der Waals surface area contributed by atoms with E-state index in [0.29, 0.717) is 16.4 Å². The lowest BCUT2D eigenvalue weighted by atomic mass is 10.1. The van der Waals surface area contributed by atoms with Crippen LogP contribution in [0.15, 0.2) is 35.1 Å². The van der Waals surface area contributed by atoms with Gasteiger partial charge in [0.1, 0.15) is 5.56 Å². The smallest absolute Gasteiger partial charge is 0.341 e. The molecule has 0 bridgehead atoms. The second-order valence-corrected chi connectivity index (χ2v) is 4.70. The average molecular weight is 278 g/mol. The van der Waals surface area contributed by atoms with Crippen LogP contribution < -0.4 is 5.56 Å². The Bertz CT molecular complexity index is 719. The zero-order valence-corrected chi connectivity index (χ0v) is 11.2. The lowest BCUT2D eigenvalue weighted by Crippen LogP contribution is -2.27. The highest BCUT2D eigenvalue weighted by Crippen LogP contribution is 2.19. The number of halogens is 1. The third kappa shape index (κ3) is 2.39. The van der Waals surface area contributed by atoms with Crippen molar-refractivity contribution < 1.29 is 9.90 Å². The molecule has 0 fully saturated rings. The standard InChI is InChI=1S/C14H12ClNO3/c1-8-7-10(15)4-6-12(8)16-9(2)3-5-11(13(16)17)14(18)19/h3-7H,1-2H3,(H,18,19). The molecule has 1 heterocycles. The largest absolute Gasteiger partial charge is 0.477 e. The van der Waals surface area contributed by atoms with Gasteiger partial charge in [-0.1, -0.05) is 11.6 Å². The van der Waals surface area contributed by atoms with E-state index in [-0.39, 0.29) is 5.56 Å². The summed E-state index contributed by atoms with van der Waals surface area (Å²) in [6, 6.07) is 8.04. The summed E-state index contributed by atoms with van der Waals surface area (Å²) in [4.78, 5) is 23.2. The van der Waals surface area contributed by atoms with Crippen molar-refractivity contribution in [3.05, 3.63) is 62.5 Å². The van der Waals surface area contributed by atoms with Gasteiger partial charge in [0.2, 0.25) is 0 Å². The fraction of sp³-hybridized carbons (Fsp3) is 0.143. The minimum atomic E-state index is -1.23. The van der Waals surface area contributed by atoms with Gasteiger partial charge in [0.15, 0.2) is 0 Å². The number of nitrogens with zero attached hydrogens (tertiary/aromatic N) is 1. The first-order chi connectivity index (χ1) is 8.91. The van der Waals surface area contributed by atoms with Crippen molar-refractivity contribution in [2.75, 3.05) is 0 Å². The fourth-order valence-corrected chi connectivity index (χ4v) is 2.19. The first-order valence-electron chi connectivity index (χ1n) is 5.64. The Morgan fingerprint density at radius 2 is 1.89 bits per heavy atom. The maximum absolute atomic E-state index is 12.2. The third-order valence-electron chi connectivity index (χ3n) is 2.91. The number of carboxylic acids is 1. The van der Waals surface area contributed by atoms with Gasteiger partial charge in [-0.15, -0.1) is 0 Å². The van der Waals surface area contributed by atoms with Gasteiger partial charge in [0, 0.05) is 10.7 Å². The van der Waals surface area contributed by atoms with Crippen LogP contribution >= 0.6 is 11.6 Å². The summed E-state index contributed by atoms with van der Waals surface area (Å²) in [5.41, 5.74) is 1.31. The molecule has 1 aromatic heterocycles. The predicted molar refractivity (Wildman–Crippen MR) is 73.5 cm³/mol. The number of aromatic carboxylic acids is 1. The molecule has 1 N–H and O–H groups in total. The molecule has 0 saturated carbocycles. The predicted octanol–water partition coefficient (Wildman–Crippen LogP) is 2.81. The molecule has 0 spiro atoms. The fourth-order valence-electron chi connectivity index (χ4n) is 1.96. The van der Waals surface area contributed by atoms with E-state index >= 15 is 0 Å². The monoisotopic (exact) mass is 277 g/mol. The molecule has 4 nitrogen and oxygen atoms in total. The maximum Gasteiger partial charge on any atom is 0.341 e. The molecule has 19 heavy (non-hydrogen) atoms. The van der Waals surface area contributed by atoms with Crippen LogP contribution in [0.3, 0.4) is 0 Å². The molecule has 0 aliphatic carbocycles. The molecule has 0 aliphatic heterocycles. The number of rotatable bonds is 2. The van der Waals surface area contributed by atoms with E-state index in [0.717, 1.165) is 5.56 Å². The van der Waals surface area contributed by atoms with E-state index < -0.39 is 11.5 Å². The van der Waals surface area contributed by atoms with Crippen molar-refractivity contribution in [1.82, 2.24) is 4.57 Å². The molecular formula is C14H12ClNO3. The highest BCUT2D eigenvalue weighted by Gasteiger charge is 2.14. The summed E-state index contributed by atoms with van der Waals surface area (Å²) < 4.78 is 1.38. The molecule has 5 heteroatoms. The Hall–Kier alpha value is -2.07. The topological polar surface area (TPSA) is 59.3 Å². The first-order valence-corrected chi connectivity index (χ1v) is 6.02. The van der Waals surface area contributed by atoms with Crippen molar-refractivity contribution >= 4 is 17.6 Å². The molecule has 98 valence electrons. The SMILES string of the molecule is Cc1cc(Cl)ccc1-n1c(C)ccc(C(=O)O)c1=O. The normalized spacial score (nSPS) is 10.5. The quantitative estimate of drug-likeness (QED) is 0.918. The second-order valence-electron chi connectivity index (χ2n) is 4.26. The van der Waals surface area contributed by atoms with Crippen LogP contribution in [0.1, 0.15) is 21.6 Å². The van der Waals surface area contributed by atoms with Crippen molar-refractivity contribution in [3.63, 3.8) is 0 Å². The van der Waals surface area contributed by atoms with E-state index in [2.05, 4.69) is 0 Å². The van der Waals surface area contributed by atoms with Crippen LogP contribution in [0.2, 0.25) is 5.02 Å². The van der Waals surface area contributed by atoms with Crippen molar-refractivity contribution in [3.8, 4) is 5.69 Å². The van der Waals surface area contributed by atoms with E-state index in [4.69, 9.17) is 16.7 Å². The first kappa shape index (κ1) is 13.4. The van der Waals surface area contributed by atoms with Crippen molar-refractivity contribution in [2.24, 2.45) is 0 Å². The van der Waals surface area contributed by atoms with Crippen LogP contribution in [0.4, 0.5) is 0 Å². The zero-order chi connectivity index (χ0) is 14.2. The van der Waals surface area contributed by atoms with Gasteiger partial charge in [-0.25, -0.2) is 4.79 Å². The molecule has 0 atom stereocenters. The Morgan fingerprint density at radius 1 is 1.21 bits per heavy atom. The molecule has 2 rings (SSSR count). The zero-order valence-electron chi connectivity index (χ0n) is 10.5. The van der Waals surface area contributed by atoms with Crippen molar-refractivity contribution in [1.29, 1.82) is 0 Å². The van der Waals surface area contributed by atoms with Gasteiger partial charge in [0.25, 0.3) is 5.56 Å². The Morgan fingerprint density at radius 3 is 2.47 bits per heavy atom. The van der Waals surface area contributed by atoms with E-state index in [1.165, 1.54) is 10.6 Å². The van der Waals surface area contributed by atoms with Gasteiger partial charge in [-0.3, -0.25) is 9.36 Å². The van der Waals surface area contributed by atoms with Crippen molar-refractivity contribution in [2.45, 2.75) is 13.8 Å².